The summed E-state index contributed by atoms with van der Waals surface area (Å²) in [7, 11) is 0. The number of aromatic nitrogens is 3. The number of benzene rings is 1. The van der Waals surface area contributed by atoms with Gasteiger partial charge in [0.1, 0.15) is 11.4 Å². The second-order valence-corrected chi connectivity index (χ2v) is 8.06. The van der Waals surface area contributed by atoms with E-state index in [1.165, 1.54) is 0 Å². The number of hydrogen-bond acceptors (Lipinski definition) is 5. The van der Waals surface area contributed by atoms with Gasteiger partial charge in [0, 0.05) is 36.2 Å². The van der Waals surface area contributed by atoms with Crippen molar-refractivity contribution in [2.75, 3.05) is 13.1 Å². The Labute approximate surface area is 163 Å². The fraction of sp³-hybridized carbons (Fsp3) is 0.381. The molecule has 0 saturated heterocycles. The number of fused-ring (bicyclic) bond motifs is 3. The third-order valence-electron chi connectivity index (χ3n) is 4.85. The number of aromatic hydroxyl groups is 1. The summed E-state index contributed by atoms with van der Waals surface area (Å²) < 4.78 is 5.51. The molecule has 1 aliphatic rings. The molecule has 0 aliphatic carbocycles. The minimum absolute atomic E-state index is 0.175. The second kappa shape index (κ2) is 6.82. The maximum atomic E-state index is 12.4. The zero-order chi connectivity index (χ0) is 19.9. The van der Waals surface area contributed by atoms with Crippen molar-refractivity contribution >= 4 is 17.1 Å². The molecule has 0 spiro atoms. The summed E-state index contributed by atoms with van der Waals surface area (Å²) >= 11 is 0. The molecule has 2 aromatic heterocycles. The first-order valence-electron chi connectivity index (χ1n) is 9.45. The van der Waals surface area contributed by atoms with Crippen molar-refractivity contribution in [1.29, 1.82) is 0 Å². The summed E-state index contributed by atoms with van der Waals surface area (Å²) in [6.45, 7) is 6.80. The molecule has 146 valence electrons. The van der Waals surface area contributed by atoms with Gasteiger partial charge in [0.25, 0.3) is 0 Å². The number of para-hydroxylation sites is 1. The van der Waals surface area contributed by atoms with Crippen molar-refractivity contribution in [1.82, 2.24) is 20.1 Å². The lowest BCUT2D eigenvalue weighted by atomic mass is 10.1. The Kier molecular flexibility index (Phi) is 4.45. The summed E-state index contributed by atoms with van der Waals surface area (Å²) in [4.78, 5) is 17.5. The van der Waals surface area contributed by atoms with Gasteiger partial charge in [-0.25, -0.2) is 4.79 Å². The SMILES string of the molecule is CC(C)(C)OC(=O)N1CCc2[nH]c3nnc(-c4ccccc4O)cc3c2CC1. The number of nitrogens with zero attached hydrogens (tertiary/aromatic N) is 3. The number of phenols is 1. The maximum Gasteiger partial charge on any atom is 0.410 e. The number of carbonyl (C=O) groups excluding carboxylic acids is 1. The summed E-state index contributed by atoms with van der Waals surface area (Å²) in [5, 5.41) is 19.7. The van der Waals surface area contributed by atoms with E-state index in [9.17, 15) is 9.90 Å². The summed E-state index contributed by atoms with van der Waals surface area (Å²) in [6.07, 6.45) is 1.13. The van der Waals surface area contributed by atoms with E-state index in [1.807, 2.05) is 39.0 Å². The van der Waals surface area contributed by atoms with Crippen LogP contribution in [-0.4, -0.2) is 50.0 Å². The van der Waals surface area contributed by atoms with Gasteiger partial charge < -0.3 is 19.7 Å². The number of carbonyl (C=O) groups is 1. The number of nitrogens with one attached hydrogen (secondary N) is 1. The molecule has 28 heavy (non-hydrogen) atoms. The normalized spacial score (nSPS) is 14.6. The highest BCUT2D eigenvalue weighted by atomic mass is 16.6. The molecule has 1 amide bonds. The Bertz CT molecular complexity index is 1040. The van der Waals surface area contributed by atoms with Gasteiger partial charge in [-0.2, -0.15) is 0 Å². The molecule has 1 aromatic carbocycles. The predicted octanol–water partition coefficient (Wildman–Crippen LogP) is 3.67. The molecule has 2 N–H and O–H groups in total. The van der Waals surface area contributed by atoms with Crippen molar-refractivity contribution in [3.8, 4) is 17.0 Å². The lowest BCUT2D eigenvalue weighted by Gasteiger charge is -2.26. The highest BCUT2D eigenvalue weighted by molar-refractivity contribution is 5.85. The number of rotatable bonds is 1. The van der Waals surface area contributed by atoms with Crippen LogP contribution in [0.1, 0.15) is 32.0 Å². The lowest BCUT2D eigenvalue weighted by molar-refractivity contribution is 0.0258. The monoisotopic (exact) mass is 380 g/mol. The van der Waals surface area contributed by atoms with E-state index in [2.05, 4.69) is 15.2 Å². The molecule has 0 fully saturated rings. The maximum absolute atomic E-state index is 12.4. The first-order valence-corrected chi connectivity index (χ1v) is 9.45. The minimum atomic E-state index is -0.507. The fourth-order valence-electron chi connectivity index (χ4n) is 3.53. The van der Waals surface area contributed by atoms with E-state index in [0.717, 1.165) is 22.3 Å². The molecule has 0 atom stereocenters. The third kappa shape index (κ3) is 3.52. The summed E-state index contributed by atoms with van der Waals surface area (Å²) in [5.74, 6) is 0.175. The van der Waals surface area contributed by atoms with Crippen LogP contribution in [0.2, 0.25) is 0 Å². The van der Waals surface area contributed by atoms with Crippen LogP contribution in [0.3, 0.4) is 0 Å². The highest BCUT2D eigenvalue weighted by Gasteiger charge is 2.26. The number of amides is 1. The second-order valence-electron chi connectivity index (χ2n) is 8.06. The van der Waals surface area contributed by atoms with Crippen LogP contribution in [0.5, 0.6) is 5.75 Å². The van der Waals surface area contributed by atoms with Gasteiger partial charge in [-0.1, -0.05) is 12.1 Å². The molecule has 0 unspecified atom stereocenters. The summed E-state index contributed by atoms with van der Waals surface area (Å²) in [6, 6.07) is 9.05. The Balaban J connectivity index is 1.63. The van der Waals surface area contributed by atoms with Crippen LogP contribution < -0.4 is 0 Å². The van der Waals surface area contributed by atoms with Crippen LogP contribution >= 0.6 is 0 Å². The van der Waals surface area contributed by atoms with Gasteiger partial charge >= 0.3 is 6.09 Å². The van der Waals surface area contributed by atoms with Crippen LogP contribution in [0.25, 0.3) is 22.3 Å². The van der Waals surface area contributed by atoms with Gasteiger partial charge in [-0.05, 0) is 51.0 Å². The van der Waals surface area contributed by atoms with Gasteiger partial charge in [0.15, 0.2) is 5.65 Å². The largest absolute Gasteiger partial charge is 0.507 e. The van der Waals surface area contributed by atoms with Crippen molar-refractivity contribution in [3.05, 3.63) is 41.6 Å². The summed E-state index contributed by atoms with van der Waals surface area (Å²) in [5.41, 5.74) is 3.72. The van der Waals surface area contributed by atoms with Crippen LogP contribution in [-0.2, 0) is 17.6 Å². The molecule has 0 saturated carbocycles. The Morgan fingerprint density at radius 2 is 1.93 bits per heavy atom. The van der Waals surface area contributed by atoms with Crippen molar-refractivity contribution in [2.45, 2.75) is 39.2 Å². The smallest absolute Gasteiger partial charge is 0.410 e. The fourth-order valence-corrected chi connectivity index (χ4v) is 3.53. The van der Waals surface area contributed by atoms with Gasteiger partial charge in [0.2, 0.25) is 0 Å². The molecular weight excluding hydrogens is 356 g/mol. The molecule has 0 bridgehead atoms. The van der Waals surface area contributed by atoms with E-state index < -0.39 is 5.60 Å². The molecule has 0 radical (unpaired) electrons. The quantitative estimate of drug-likeness (QED) is 0.672. The number of hydrogen-bond donors (Lipinski definition) is 2. The Hall–Kier alpha value is -3.09. The van der Waals surface area contributed by atoms with E-state index in [4.69, 9.17) is 4.74 Å². The lowest BCUT2D eigenvalue weighted by Crippen LogP contribution is -2.38. The van der Waals surface area contributed by atoms with Gasteiger partial charge in [0.05, 0.1) is 5.69 Å². The Morgan fingerprint density at radius 3 is 2.68 bits per heavy atom. The first-order chi connectivity index (χ1) is 13.3. The molecule has 7 nitrogen and oxygen atoms in total. The number of phenolic OH excluding ortho intramolecular Hbond substituents is 1. The zero-order valence-corrected chi connectivity index (χ0v) is 16.3. The van der Waals surface area contributed by atoms with E-state index in [0.29, 0.717) is 37.2 Å². The number of ether oxygens (including phenoxy) is 1. The number of H-pyrrole nitrogens is 1. The Morgan fingerprint density at radius 1 is 1.18 bits per heavy atom. The van der Waals surface area contributed by atoms with Gasteiger partial charge in [-0.3, -0.25) is 0 Å². The third-order valence-corrected chi connectivity index (χ3v) is 4.85. The first kappa shape index (κ1) is 18.3. The molecule has 1 aliphatic heterocycles. The number of aromatic amines is 1. The van der Waals surface area contributed by atoms with Crippen LogP contribution in [0.15, 0.2) is 30.3 Å². The van der Waals surface area contributed by atoms with Gasteiger partial charge in [-0.15, -0.1) is 10.2 Å². The highest BCUT2D eigenvalue weighted by Crippen LogP contribution is 2.31. The standard InChI is InChI=1S/C21H24N4O3/c1-21(2,3)28-20(27)25-10-8-13-15-12-17(14-6-4-5-7-18(14)26)23-24-19(15)22-16(13)9-11-25/h4-7,12,26H,8-11H2,1-3H3,(H,22,24). The predicted molar refractivity (Wildman–Crippen MR) is 106 cm³/mol. The van der Waals surface area contributed by atoms with Crippen molar-refractivity contribution < 1.29 is 14.6 Å². The molecule has 4 rings (SSSR count). The average molecular weight is 380 g/mol. The minimum Gasteiger partial charge on any atom is -0.507 e. The average Bonchev–Trinajstić information content (AvgIpc) is 2.83. The van der Waals surface area contributed by atoms with Crippen LogP contribution in [0.4, 0.5) is 4.79 Å². The topological polar surface area (TPSA) is 91.3 Å². The van der Waals surface area contributed by atoms with Crippen LogP contribution in [0, 0.1) is 0 Å². The van der Waals surface area contributed by atoms with Crippen molar-refractivity contribution in [3.63, 3.8) is 0 Å². The molecule has 3 heterocycles. The van der Waals surface area contributed by atoms with E-state index in [1.54, 1.807) is 17.0 Å². The molecule has 3 aromatic rings. The zero-order valence-electron chi connectivity index (χ0n) is 16.3. The molecular formula is C21H24N4O3. The van der Waals surface area contributed by atoms with E-state index >= 15 is 0 Å². The molecule has 7 heteroatoms. The van der Waals surface area contributed by atoms with E-state index in [-0.39, 0.29) is 11.8 Å². The van der Waals surface area contributed by atoms with Crippen molar-refractivity contribution in [2.24, 2.45) is 0 Å².